The van der Waals surface area contributed by atoms with Crippen LogP contribution in [0.3, 0.4) is 0 Å². The van der Waals surface area contributed by atoms with Crippen molar-refractivity contribution in [1.82, 2.24) is 0 Å². The number of rotatable bonds is 2. The first-order chi connectivity index (χ1) is 5.34. The maximum absolute atomic E-state index is 11.0. The van der Waals surface area contributed by atoms with Crippen LogP contribution in [0.4, 0.5) is 0 Å². The van der Waals surface area contributed by atoms with Gasteiger partial charge in [0.05, 0.1) is 6.61 Å². The fraction of sp³-hybridized carbons (Fsp3) is 0.222. The molecule has 0 aromatic heterocycles. The van der Waals surface area contributed by atoms with Gasteiger partial charge in [0.15, 0.2) is 0 Å². The topological polar surface area (TPSA) is 26.3 Å². The molecule has 0 aliphatic rings. The normalized spacial score (nSPS) is 8.42. The second kappa shape index (κ2) is 5.81. The monoisotopic (exact) mass is 212 g/mol. The van der Waals surface area contributed by atoms with Crippen molar-refractivity contribution in [2.45, 2.75) is 6.92 Å². The predicted octanol–water partition coefficient (Wildman–Crippen LogP) is 1.66. The van der Waals surface area contributed by atoms with Gasteiger partial charge in [0.1, 0.15) is 0 Å². The molecule has 0 N–H and O–H groups in total. The number of esters is 1. The van der Waals surface area contributed by atoms with E-state index in [4.69, 9.17) is 4.74 Å². The number of carbonyl (C=O) groups is 1. The van der Waals surface area contributed by atoms with Crippen molar-refractivity contribution in [3.63, 3.8) is 0 Å². The van der Waals surface area contributed by atoms with Gasteiger partial charge in [-0.1, -0.05) is 0 Å². The van der Waals surface area contributed by atoms with E-state index in [0.29, 0.717) is 12.2 Å². The molecule has 0 unspecified atom stereocenters. The zero-order chi connectivity index (χ0) is 8.10. The van der Waals surface area contributed by atoms with Gasteiger partial charge in [0, 0.05) is 0 Å². The van der Waals surface area contributed by atoms with Crippen molar-refractivity contribution in [3.8, 4) is 0 Å². The summed E-state index contributed by atoms with van der Waals surface area (Å²) in [4.78, 5) is 11.0. The van der Waals surface area contributed by atoms with Crippen LogP contribution in [0.15, 0.2) is 24.3 Å². The Bertz CT molecular complexity index is 234. The van der Waals surface area contributed by atoms with Gasteiger partial charge in [-0.25, -0.2) is 4.79 Å². The van der Waals surface area contributed by atoms with E-state index in [1.54, 1.807) is 31.2 Å². The average molecular weight is 213 g/mol. The van der Waals surface area contributed by atoms with Crippen LogP contribution in [-0.2, 0) is 21.8 Å². The van der Waals surface area contributed by atoms with Crippen LogP contribution in [0.5, 0.6) is 0 Å². The summed E-state index contributed by atoms with van der Waals surface area (Å²) in [6, 6.07) is 9.55. The smallest absolute Gasteiger partial charge is 0.464 e. The van der Waals surface area contributed by atoms with E-state index < -0.39 is 0 Å². The van der Waals surface area contributed by atoms with Gasteiger partial charge in [0.25, 0.3) is 0 Å². The zero-order valence-electron chi connectivity index (χ0n) is 6.63. The molecule has 0 aliphatic carbocycles. The average Bonchev–Trinajstić information content (AvgIpc) is 2.07. The first-order valence-electron chi connectivity index (χ1n) is 3.48. The Morgan fingerprint density at radius 2 is 2.08 bits per heavy atom. The zero-order valence-corrected chi connectivity index (χ0v) is 7.58. The van der Waals surface area contributed by atoms with E-state index in [0.717, 1.165) is 0 Å². The molecule has 68 valence electrons. The minimum Gasteiger partial charge on any atom is -0.464 e. The molecule has 0 saturated heterocycles. The van der Waals surface area contributed by atoms with Gasteiger partial charge in [-0.2, -0.15) is 30.3 Å². The first kappa shape index (κ1) is 11.2. The molecule has 0 atom stereocenters. The molecule has 0 radical (unpaired) electrons. The Balaban J connectivity index is 0.00000121. The Kier molecular flexibility index (Phi) is 5.43. The van der Waals surface area contributed by atoms with Crippen LogP contribution in [0.2, 0.25) is 0 Å². The molecule has 2 nitrogen and oxygen atoms in total. The second-order valence-electron chi connectivity index (χ2n) is 2.01. The summed E-state index contributed by atoms with van der Waals surface area (Å²) >= 11 is 0. The van der Waals surface area contributed by atoms with E-state index in [2.05, 4.69) is 6.07 Å². The minimum absolute atomic E-state index is 0. The Morgan fingerprint density at radius 1 is 1.50 bits per heavy atom. The van der Waals surface area contributed by atoms with Crippen LogP contribution in [-0.4, -0.2) is 12.6 Å². The standard InChI is InChI=1S/C9H9O2.Cu/c1-2-11-9(10)8-6-4-3-5-7-8;/h4-7H,2H2,1H3;/q-1;+1. The van der Waals surface area contributed by atoms with Crippen LogP contribution >= 0.6 is 0 Å². The van der Waals surface area contributed by atoms with Crippen LogP contribution in [0.1, 0.15) is 17.3 Å². The predicted molar refractivity (Wildman–Crippen MR) is 41.2 cm³/mol. The van der Waals surface area contributed by atoms with Gasteiger partial charge in [-0.05, 0) is 12.5 Å². The summed E-state index contributed by atoms with van der Waals surface area (Å²) in [5.74, 6) is -0.276. The summed E-state index contributed by atoms with van der Waals surface area (Å²) in [7, 11) is 0. The summed E-state index contributed by atoms with van der Waals surface area (Å²) in [5, 5.41) is 0. The molecule has 1 rings (SSSR count). The number of hydrogen-bond donors (Lipinski definition) is 0. The number of hydrogen-bond acceptors (Lipinski definition) is 2. The fourth-order valence-electron chi connectivity index (χ4n) is 0.737. The van der Waals surface area contributed by atoms with Gasteiger partial charge in [0.2, 0.25) is 0 Å². The first-order valence-corrected chi connectivity index (χ1v) is 3.48. The number of benzene rings is 1. The van der Waals surface area contributed by atoms with Crippen molar-refractivity contribution in [2.24, 2.45) is 0 Å². The molecular formula is C9H9CuO2. The van der Waals surface area contributed by atoms with Crippen LogP contribution in [0.25, 0.3) is 0 Å². The summed E-state index contributed by atoms with van der Waals surface area (Å²) in [5.41, 5.74) is 0.575. The maximum Gasteiger partial charge on any atom is 1.00 e. The molecule has 1 aromatic carbocycles. The van der Waals surface area contributed by atoms with Crippen molar-refractivity contribution >= 4 is 5.97 Å². The van der Waals surface area contributed by atoms with Crippen molar-refractivity contribution in [3.05, 3.63) is 35.9 Å². The van der Waals surface area contributed by atoms with Gasteiger partial charge in [-0.3, -0.25) is 0 Å². The van der Waals surface area contributed by atoms with Crippen LogP contribution < -0.4 is 0 Å². The minimum atomic E-state index is -0.276. The molecule has 3 heteroatoms. The van der Waals surface area contributed by atoms with Gasteiger partial charge >= 0.3 is 23.0 Å². The third-order valence-corrected chi connectivity index (χ3v) is 1.23. The van der Waals surface area contributed by atoms with Crippen LogP contribution in [0, 0.1) is 6.07 Å². The van der Waals surface area contributed by atoms with Crippen molar-refractivity contribution < 1.29 is 26.6 Å². The molecule has 1 aromatic rings. The van der Waals surface area contributed by atoms with E-state index in [9.17, 15) is 4.79 Å². The quantitative estimate of drug-likeness (QED) is 0.424. The molecule has 0 spiro atoms. The molecule has 0 heterocycles. The molecule has 0 fully saturated rings. The molecule has 0 saturated carbocycles. The SMILES string of the molecule is CCOC(=O)c1cc[c-]cc1.[Cu+]. The third kappa shape index (κ3) is 3.07. The third-order valence-electron chi connectivity index (χ3n) is 1.23. The Hall–Kier alpha value is -0.791. The summed E-state index contributed by atoms with van der Waals surface area (Å²) in [6.07, 6.45) is 0. The molecular weight excluding hydrogens is 204 g/mol. The molecule has 0 amide bonds. The Morgan fingerprint density at radius 3 is 2.58 bits per heavy atom. The van der Waals surface area contributed by atoms with E-state index in [1.807, 2.05) is 0 Å². The van der Waals surface area contributed by atoms with Gasteiger partial charge in [-0.15, -0.1) is 0 Å². The number of ether oxygens (including phenoxy) is 1. The van der Waals surface area contributed by atoms with E-state index >= 15 is 0 Å². The largest absolute Gasteiger partial charge is 1.00 e. The maximum atomic E-state index is 11.0. The van der Waals surface area contributed by atoms with E-state index in [-0.39, 0.29) is 23.0 Å². The van der Waals surface area contributed by atoms with Gasteiger partial charge < -0.3 is 4.74 Å². The second-order valence-corrected chi connectivity index (χ2v) is 2.01. The van der Waals surface area contributed by atoms with Crippen molar-refractivity contribution in [2.75, 3.05) is 6.61 Å². The van der Waals surface area contributed by atoms with E-state index in [1.165, 1.54) is 0 Å². The number of carbonyl (C=O) groups excluding carboxylic acids is 1. The van der Waals surface area contributed by atoms with Crippen molar-refractivity contribution in [1.29, 1.82) is 0 Å². The Labute approximate surface area is 82.4 Å². The summed E-state index contributed by atoms with van der Waals surface area (Å²) in [6.45, 7) is 2.20. The molecule has 12 heavy (non-hydrogen) atoms. The molecule has 0 bridgehead atoms. The fourth-order valence-corrected chi connectivity index (χ4v) is 0.737. The summed E-state index contributed by atoms with van der Waals surface area (Å²) < 4.78 is 4.78. The molecule has 0 aliphatic heterocycles.